The van der Waals surface area contributed by atoms with Crippen LogP contribution in [0.5, 0.6) is 11.5 Å². The monoisotopic (exact) mass is 404 g/mol. The van der Waals surface area contributed by atoms with Crippen LogP contribution >= 0.6 is 11.6 Å². The van der Waals surface area contributed by atoms with E-state index in [0.29, 0.717) is 10.6 Å². The number of hydrogen-bond donors (Lipinski definition) is 4. The molecule has 131 valence electrons. The van der Waals surface area contributed by atoms with Crippen molar-refractivity contribution in [2.75, 3.05) is 6.61 Å². The number of amides is 1. The third-order valence-electron chi connectivity index (χ3n) is 2.51. The zero-order valence-electron chi connectivity index (χ0n) is 13.3. The molecule has 0 heterocycles. The maximum Gasteiger partial charge on any atom is 4.00 e. The summed E-state index contributed by atoms with van der Waals surface area (Å²) < 4.78 is 0. The molecule has 2 rings (SSSR count). The molecule has 0 atom stereocenters. The second kappa shape index (κ2) is 13.3. The van der Waals surface area contributed by atoms with Crippen LogP contribution in [-0.4, -0.2) is 39.5 Å². The molecule has 7 nitrogen and oxygen atoms in total. The third kappa shape index (κ3) is 8.58. The SMILES string of the molecule is CCO.O=C(N/N=C/c1cc(Cl)ccc1O)c1ccccc1O.[OH-].[V+4]. The molecule has 0 aliphatic rings. The molecule has 25 heavy (non-hydrogen) atoms. The van der Waals surface area contributed by atoms with E-state index in [1.165, 1.54) is 36.5 Å². The van der Waals surface area contributed by atoms with E-state index in [2.05, 4.69) is 10.5 Å². The molecule has 2 aromatic rings. The van der Waals surface area contributed by atoms with Gasteiger partial charge in [0.15, 0.2) is 0 Å². The Kier molecular flexibility index (Phi) is 13.4. The summed E-state index contributed by atoms with van der Waals surface area (Å²) in [6, 6.07) is 10.6. The molecular weight excluding hydrogens is 387 g/mol. The molecule has 0 aliphatic heterocycles. The van der Waals surface area contributed by atoms with Gasteiger partial charge in [-0.05, 0) is 37.3 Å². The molecule has 0 bridgehead atoms. The number of phenols is 2. The first-order chi connectivity index (χ1) is 11.0. The van der Waals surface area contributed by atoms with E-state index in [1.807, 2.05) is 0 Å². The third-order valence-corrected chi connectivity index (χ3v) is 2.74. The number of aliphatic hydroxyl groups excluding tert-OH is 1. The summed E-state index contributed by atoms with van der Waals surface area (Å²) in [5, 5.41) is 30.8. The molecule has 0 aliphatic carbocycles. The van der Waals surface area contributed by atoms with Crippen molar-refractivity contribution in [3.63, 3.8) is 0 Å². The number of nitrogens with one attached hydrogen (secondary N) is 1. The van der Waals surface area contributed by atoms with Gasteiger partial charge in [0.25, 0.3) is 5.91 Å². The Morgan fingerprint density at radius 2 is 1.80 bits per heavy atom. The maximum atomic E-state index is 11.7. The predicted molar refractivity (Wildman–Crippen MR) is 91.0 cm³/mol. The van der Waals surface area contributed by atoms with Crippen LogP contribution in [0.3, 0.4) is 0 Å². The minimum atomic E-state index is -0.555. The number of hydrazone groups is 1. The van der Waals surface area contributed by atoms with E-state index in [1.54, 1.807) is 19.1 Å². The average molecular weight is 405 g/mol. The van der Waals surface area contributed by atoms with Gasteiger partial charge in [-0.3, -0.25) is 4.79 Å². The van der Waals surface area contributed by atoms with Crippen molar-refractivity contribution in [2.24, 2.45) is 5.10 Å². The fourth-order valence-corrected chi connectivity index (χ4v) is 1.70. The number of para-hydroxylation sites is 1. The minimum Gasteiger partial charge on any atom is -0.870 e. The fraction of sp³-hybridized carbons (Fsp3) is 0.125. The van der Waals surface area contributed by atoms with Crippen molar-refractivity contribution < 1.29 is 44.1 Å². The Balaban J connectivity index is 0. The molecule has 0 spiro atoms. The molecule has 9 heteroatoms. The van der Waals surface area contributed by atoms with E-state index in [4.69, 9.17) is 16.7 Å². The summed E-state index contributed by atoms with van der Waals surface area (Å²) >= 11 is 5.78. The van der Waals surface area contributed by atoms with E-state index >= 15 is 0 Å². The number of aliphatic hydroxyl groups is 1. The molecule has 1 amide bonds. The summed E-state index contributed by atoms with van der Waals surface area (Å²) in [6.07, 6.45) is 1.26. The summed E-state index contributed by atoms with van der Waals surface area (Å²) in [5.41, 5.74) is 2.73. The standard InChI is InChI=1S/C14H11ClN2O3.C2H6O.H2O.V/c15-10-5-6-12(18)9(7-10)8-16-17-14(20)11-3-1-2-4-13(11)19;1-2-3;;/h1-8,18-19H,(H,17,20);3H,2H2,1H3;1H2;/q;;;+4/p-1/b16-8+;;;. The number of benzene rings is 2. The van der Waals surface area contributed by atoms with Gasteiger partial charge in [0, 0.05) is 17.2 Å². The van der Waals surface area contributed by atoms with E-state index in [9.17, 15) is 15.0 Å². The molecular formula is C16H18ClN2O5V+3. The molecule has 5 N–H and O–H groups in total. The van der Waals surface area contributed by atoms with Crippen molar-refractivity contribution >= 4 is 23.7 Å². The van der Waals surface area contributed by atoms with Gasteiger partial charge in [-0.1, -0.05) is 23.7 Å². The number of halogens is 1. The van der Waals surface area contributed by atoms with Crippen molar-refractivity contribution in [3.8, 4) is 11.5 Å². The van der Waals surface area contributed by atoms with Crippen molar-refractivity contribution in [1.82, 2.24) is 5.43 Å². The van der Waals surface area contributed by atoms with Gasteiger partial charge in [0.1, 0.15) is 11.5 Å². The van der Waals surface area contributed by atoms with Crippen molar-refractivity contribution in [2.45, 2.75) is 6.92 Å². The number of phenolic OH excluding ortho intramolecular Hbond substituents is 2. The van der Waals surface area contributed by atoms with Gasteiger partial charge >= 0.3 is 18.6 Å². The van der Waals surface area contributed by atoms with Gasteiger partial charge in [0.2, 0.25) is 0 Å². The molecule has 0 saturated carbocycles. The summed E-state index contributed by atoms with van der Waals surface area (Å²) in [7, 11) is 0. The van der Waals surface area contributed by atoms with Crippen LogP contribution in [0.4, 0.5) is 0 Å². The Morgan fingerprint density at radius 3 is 2.40 bits per heavy atom. The number of carbonyl (C=O) groups excluding carboxylic acids is 1. The largest absolute Gasteiger partial charge is 4.00 e. The Hall–Kier alpha value is -2.03. The number of hydrogen-bond acceptors (Lipinski definition) is 6. The summed E-state index contributed by atoms with van der Waals surface area (Å²) in [6.45, 7) is 1.93. The molecule has 0 fully saturated rings. The van der Waals surface area contributed by atoms with Crippen LogP contribution in [0, 0.1) is 0 Å². The van der Waals surface area contributed by atoms with Gasteiger partial charge in [-0.2, -0.15) is 5.10 Å². The van der Waals surface area contributed by atoms with Crippen LogP contribution in [0.25, 0.3) is 0 Å². The quantitative estimate of drug-likeness (QED) is 0.460. The second-order valence-corrected chi connectivity index (χ2v) is 4.67. The first kappa shape index (κ1) is 25.2. The van der Waals surface area contributed by atoms with Gasteiger partial charge in [0.05, 0.1) is 11.8 Å². The van der Waals surface area contributed by atoms with Gasteiger partial charge < -0.3 is 20.8 Å². The number of carbonyl (C=O) groups is 1. The Labute approximate surface area is 162 Å². The minimum absolute atomic E-state index is 0. The summed E-state index contributed by atoms with van der Waals surface area (Å²) in [5.74, 6) is -0.693. The number of aromatic hydroxyl groups is 2. The normalized spacial score (nSPS) is 9.24. The van der Waals surface area contributed by atoms with E-state index in [0.717, 1.165) is 0 Å². The molecule has 2 aromatic carbocycles. The Morgan fingerprint density at radius 1 is 1.20 bits per heavy atom. The molecule has 0 unspecified atom stereocenters. The first-order valence-corrected chi connectivity index (χ1v) is 7.08. The van der Waals surface area contributed by atoms with Gasteiger partial charge in [-0.25, -0.2) is 5.43 Å². The topological polar surface area (TPSA) is 132 Å². The first-order valence-electron chi connectivity index (χ1n) is 6.70. The fourth-order valence-electron chi connectivity index (χ4n) is 1.52. The number of rotatable bonds is 3. The van der Waals surface area contributed by atoms with E-state index in [-0.39, 0.29) is 47.7 Å². The molecule has 0 aromatic heterocycles. The van der Waals surface area contributed by atoms with Crippen molar-refractivity contribution in [1.29, 1.82) is 0 Å². The number of nitrogens with zero attached hydrogens (tertiary/aromatic N) is 1. The smallest absolute Gasteiger partial charge is 0.870 e. The predicted octanol–water partition coefficient (Wildman–Crippen LogP) is 2.33. The zero-order valence-corrected chi connectivity index (χ0v) is 15.4. The zero-order chi connectivity index (χ0) is 17.2. The van der Waals surface area contributed by atoms with Crippen LogP contribution in [-0.2, 0) is 18.6 Å². The van der Waals surface area contributed by atoms with Crippen LogP contribution in [0.15, 0.2) is 47.6 Å². The average Bonchev–Trinajstić information content (AvgIpc) is 2.52. The van der Waals surface area contributed by atoms with Crippen LogP contribution in [0.2, 0.25) is 5.02 Å². The van der Waals surface area contributed by atoms with Crippen LogP contribution in [0.1, 0.15) is 22.8 Å². The van der Waals surface area contributed by atoms with Crippen molar-refractivity contribution in [3.05, 3.63) is 58.6 Å². The van der Waals surface area contributed by atoms with Crippen LogP contribution < -0.4 is 5.43 Å². The second-order valence-electron chi connectivity index (χ2n) is 4.24. The Bertz CT molecular complexity index is 698. The maximum absolute atomic E-state index is 11.7. The molecule has 1 radical (unpaired) electrons. The molecule has 0 saturated heterocycles. The van der Waals surface area contributed by atoms with Gasteiger partial charge in [-0.15, -0.1) is 0 Å². The summed E-state index contributed by atoms with van der Waals surface area (Å²) in [4.78, 5) is 11.7. The van der Waals surface area contributed by atoms with E-state index < -0.39 is 5.91 Å².